The fourth-order valence-electron chi connectivity index (χ4n) is 5.28. The number of hydrogen-bond donors (Lipinski definition) is 1. The van der Waals surface area contributed by atoms with E-state index >= 15 is 0 Å². The normalized spacial score (nSPS) is 23.4. The fraction of sp³-hybridized carbons (Fsp3) is 0.314. The molecule has 47 heavy (non-hydrogen) atoms. The average Bonchev–Trinajstić information content (AvgIpc) is 3.07. The van der Waals surface area contributed by atoms with Gasteiger partial charge in [-0.25, -0.2) is 0 Å². The maximum absolute atomic E-state index is 13.8. The molecule has 0 heterocycles. The SMILES string of the molecule is O=S(=O)(O[C@H]1[C@@H](OCc2ccccc2)[C@@H](OCc2ccccc2)[C@H](OCc2ccccc2)[C@@H](O)[C@@H]1OCc1ccccc1)C(F)(F)F. The summed E-state index contributed by atoms with van der Waals surface area (Å²) in [6.45, 7) is -0.379. The van der Waals surface area contributed by atoms with E-state index in [0.717, 1.165) is 5.56 Å². The molecule has 0 aliphatic heterocycles. The van der Waals surface area contributed by atoms with Crippen LogP contribution in [0.2, 0.25) is 0 Å². The maximum atomic E-state index is 13.8. The molecule has 0 amide bonds. The van der Waals surface area contributed by atoms with Crippen molar-refractivity contribution in [2.45, 2.75) is 68.6 Å². The molecule has 4 aromatic rings. The number of aliphatic hydroxyl groups is 1. The lowest BCUT2D eigenvalue weighted by Crippen LogP contribution is -2.67. The molecule has 12 heteroatoms. The van der Waals surface area contributed by atoms with Crippen LogP contribution in [0.1, 0.15) is 22.3 Å². The number of hydrogen-bond acceptors (Lipinski definition) is 8. The predicted octanol–water partition coefficient (Wildman–Crippen LogP) is 5.94. The van der Waals surface area contributed by atoms with E-state index in [1.807, 2.05) is 36.4 Å². The number of ether oxygens (including phenoxy) is 4. The minimum absolute atomic E-state index is 0.00303. The number of aliphatic hydroxyl groups excluding tert-OH is 1. The molecular formula is C35H35F3O8S. The van der Waals surface area contributed by atoms with Crippen molar-refractivity contribution < 1.29 is 49.8 Å². The number of rotatable bonds is 14. The lowest BCUT2D eigenvalue weighted by molar-refractivity contribution is -0.268. The van der Waals surface area contributed by atoms with Crippen LogP contribution in [-0.4, -0.2) is 55.7 Å². The third-order valence-corrected chi connectivity index (χ3v) is 8.67. The first-order valence-corrected chi connectivity index (χ1v) is 16.3. The van der Waals surface area contributed by atoms with Gasteiger partial charge in [0.2, 0.25) is 0 Å². The van der Waals surface area contributed by atoms with Crippen LogP contribution < -0.4 is 0 Å². The quantitative estimate of drug-likeness (QED) is 0.130. The van der Waals surface area contributed by atoms with Crippen LogP contribution >= 0.6 is 0 Å². The molecule has 4 aromatic carbocycles. The summed E-state index contributed by atoms with van der Waals surface area (Å²) in [5, 5.41) is 11.8. The van der Waals surface area contributed by atoms with Crippen molar-refractivity contribution >= 4 is 10.1 Å². The summed E-state index contributed by atoms with van der Waals surface area (Å²) >= 11 is 0. The molecule has 0 bridgehead atoms. The van der Waals surface area contributed by atoms with Crippen LogP contribution in [0.5, 0.6) is 0 Å². The molecule has 1 aliphatic rings. The predicted molar refractivity (Wildman–Crippen MR) is 166 cm³/mol. The molecule has 1 N–H and O–H groups in total. The van der Waals surface area contributed by atoms with Crippen molar-refractivity contribution in [1.29, 1.82) is 0 Å². The summed E-state index contributed by atoms with van der Waals surface area (Å²) in [5.74, 6) is 0. The second-order valence-electron chi connectivity index (χ2n) is 11.0. The van der Waals surface area contributed by atoms with Gasteiger partial charge in [-0.15, -0.1) is 0 Å². The summed E-state index contributed by atoms with van der Waals surface area (Å²) in [6, 6.07) is 35.5. The zero-order chi connectivity index (χ0) is 33.3. The first-order chi connectivity index (χ1) is 22.6. The molecule has 1 fully saturated rings. The molecule has 250 valence electrons. The second kappa shape index (κ2) is 16.0. The molecule has 0 unspecified atom stereocenters. The van der Waals surface area contributed by atoms with E-state index < -0.39 is 52.3 Å². The molecule has 0 saturated heterocycles. The van der Waals surface area contributed by atoms with Gasteiger partial charge < -0.3 is 24.1 Å². The lowest BCUT2D eigenvalue weighted by atomic mass is 9.84. The molecule has 1 aliphatic carbocycles. The maximum Gasteiger partial charge on any atom is 0.523 e. The topological polar surface area (TPSA) is 101 Å². The van der Waals surface area contributed by atoms with Crippen molar-refractivity contribution in [2.75, 3.05) is 0 Å². The number of alkyl halides is 3. The van der Waals surface area contributed by atoms with Crippen LogP contribution in [0, 0.1) is 0 Å². The monoisotopic (exact) mass is 672 g/mol. The average molecular weight is 673 g/mol. The third kappa shape index (κ3) is 9.26. The van der Waals surface area contributed by atoms with Crippen LogP contribution in [0.3, 0.4) is 0 Å². The Morgan fingerprint density at radius 3 is 1.09 bits per heavy atom. The van der Waals surface area contributed by atoms with Gasteiger partial charge in [0.05, 0.1) is 26.4 Å². The third-order valence-electron chi connectivity index (χ3n) is 7.63. The minimum Gasteiger partial charge on any atom is -0.387 e. The Kier molecular flexibility index (Phi) is 11.8. The molecule has 8 nitrogen and oxygen atoms in total. The second-order valence-corrected chi connectivity index (χ2v) is 12.6. The Hall–Kier alpha value is -3.62. The van der Waals surface area contributed by atoms with E-state index in [9.17, 15) is 26.7 Å². The molecule has 0 aromatic heterocycles. The van der Waals surface area contributed by atoms with Gasteiger partial charge in [-0.2, -0.15) is 21.6 Å². The zero-order valence-corrected chi connectivity index (χ0v) is 26.0. The van der Waals surface area contributed by atoms with Gasteiger partial charge in [-0.3, -0.25) is 4.18 Å². The number of benzene rings is 4. The van der Waals surface area contributed by atoms with Gasteiger partial charge in [0, 0.05) is 0 Å². The Bertz CT molecular complexity index is 1610. The Morgan fingerprint density at radius 1 is 0.489 bits per heavy atom. The van der Waals surface area contributed by atoms with Crippen molar-refractivity contribution in [3.8, 4) is 0 Å². The van der Waals surface area contributed by atoms with E-state index in [4.69, 9.17) is 23.1 Å². The first-order valence-electron chi connectivity index (χ1n) is 14.9. The van der Waals surface area contributed by atoms with E-state index in [2.05, 4.69) is 0 Å². The highest BCUT2D eigenvalue weighted by molar-refractivity contribution is 7.87. The van der Waals surface area contributed by atoms with Gasteiger partial charge in [0.1, 0.15) is 36.6 Å². The van der Waals surface area contributed by atoms with Gasteiger partial charge in [-0.1, -0.05) is 121 Å². The van der Waals surface area contributed by atoms with Gasteiger partial charge in [0.25, 0.3) is 0 Å². The smallest absolute Gasteiger partial charge is 0.387 e. The minimum atomic E-state index is -6.18. The van der Waals surface area contributed by atoms with E-state index in [0.29, 0.717) is 16.7 Å². The summed E-state index contributed by atoms with van der Waals surface area (Å²) in [7, 11) is -6.18. The van der Waals surface area contributed by atoms with Gasteiger partial charge in [-0.05, 0) is 22.3 Å². The highest BCUT2D eigenvalue weighted by Gasteiger charge is 2.58. The molecule has 5 rings (SSSR count). The highest BCUT2D eigenvalue weighted by Crippen LogP contribution is 2.37. The summed E-state index contributed by atoms with van der Waals surface area (Å²) in [4.78, 5) is 0. The zero-order valence-electron chi connectivity index (χ0n) is 25.2. The highest BCUT2D eigenvalue weighted by atomic mass is 32.2. The summed E-state index contributed by atoms with van der Waals surface area (Å²) in [5.41, 5.74) is -3.01. The molecule has 0 spiro atoms. The lowest BCUT2D eigenvalue weighted by Gasteiger charge is -2.48. The van der Waals surface area contributed by atoms with E-state index in [-0.39, 0.29) is 26.4 Å². The van der Waals surface area contributed by atoms with Crippen LogP contribution in [0.4, 0.5) is 13.2 Å². The molecular weight excluding hydrogens is 637 g/mol. The fourth-order valence-corrected chi connectivity index (χ4v) is 5.90. The largest absolute Gasteiger partial charge is 0.523 e. The van der Waals surface area contributed by atoms with Gasteiger partial charge >= 0.3 is 15.6 Å². The Morgan fingerprint density at radius 2 is 0.766 bits per heavy atom. The Balaban J connectivity index is 1.55. The Labute approximate surface area is 271 Å². The van der Waals surface area contributed by atoms with Crippen molar-refractivity contribution in [3.63, 3.8) is 0 Å². The van der Waals surface area contributed by atoms with Crippen LogP contribution in [-0.2, 0) is 59.7 Å². The molecule has 1 saturated carbocycles. The van der Waals surface area contributed by atoms with E-state index in [1.54, 1.807) is 84.9 Å². The summed E-state index contributed by atoms with van der Waals surface area (Å²) < 4.78 is 96.0. The molecule has 6 atom stereocenters. The van der Waals surface area contributed by atoms with Crippen molar-refractivity contribution in [2.24, 2.45) is 0 Å². The number of halogens is 3. The van der Waals surface area contributed by atoms with E-state index in [1.165, 1.54) is 0 Å². The van der Waals surface area contributed by atoms with Crippen molar-refractivity contribution in [3.05, 3.63) is 144 Å². The molecule has 0 radical (unpaired) electrons. The van der Waals surface area contributed by atoms with Gasteiger partial charge in [0.15, 0.2) is 0 Å². The standard InChI is InChI=1S/C35H35F3O8S/c36-35(37,38)47(40,41)46-34-31(43-22-26-15-7-2-8-16-26)29(39)30(42-21-25-13-5-1-6-14-25)32(44-23-27-17-9-3-10-18-27)33(34)45-24-28-19-11-4-12-20-28/h1-20,29-34,39H,21-24H2/t29-,30-,31+,32+,33+,34-/m1/s1. The first kappa shape index (κ1) is 34.7. The van der Waals surface area contributed by atoms with Crippen LogP contribution in [0.15, 0.2) is 121 Å². The summed E-state index contributed by atoms with van der Waals surface area (Å²) in [6.07, 6.45) is -9.39. The van der Waals surface area contributed by atoms with Crippen LogP contribution in [0.25, 0.3) is 0 Å². The van der Waals surface area contributed by atoms with Crippen molar-refractivity contribution in [1.82, 2.24) is 0 Å².